The van der Waals surface area contributed by atoms with Gasteiger partial charge >= 0.3 is 0 Å². The molecule has 0 aliphatic carbocycles. The molecular weight excluding hydrogens is 617 g/mol. The van der Waals surface area contributed by atoms with Crippen LogP contribution in [0.5, 0.6) is 0 Å². The number of hydrogen-bond acceptors (Lipinski definition) is 2. The Morgan fingerprint density at radius 2 is 1.12 bits per heavy atom. The second kappa shape index (κ2) is 10.4. The van der Waals surface area contributed by atoms with E-state index in [4.69, 9.17) is 6.57 Å². The average Bonchev–Trinajstić information content (AvgIpc) is 3.80. The van der Waals surface area contributed by atoms with Gasteiger partial charge in [0.2, 0.25) is 0 Å². The van der Waals surface area contributed by atoms with E-state index in [0.29, 0.717) is 11.3 Å². The Balaban J connectivity index is 1.18. The van der Waals surface area contributed by atoms with Crippen molar-refractivity contribution in [3.8, 4) is 28.6 Å². The van der Waals surface area contributed by atoms with E-state index in [9.17, 15) is 5.26 Å². The molecule has 10 rings (SSSR count). The average molecular weight is 641 g/mol. The Hall–Kier alpha value is -6.66. The first-order valence-electron chi connectivity index (χ1n) is 16.1. The molecule has 3 heterocycles. The first-order chi connectivity index (χ1) is 24.2. The van der Waals surface area contributed by atoms with Gasteiger partial charge in [-0.3, -0.25) is 0 Å². The third-order valence-corrected chi connectivity index (χ3v) is 10.9. The maximum absolute atomic E-state index is 9.60. The summed E-state index contributed by atoms with van der Waals surface area (Å²) < 4.78 is 7.16. The van der Waals surface area contributed by atoms with E-state index >= 15 is 0 Å². The lowest BCUT2D eigenvalue weighted by Gasteiger charge is -2.13. The molecule has 226 valence electrons. The van der Waals surface area contributed by atoms with Crippen molar-refractivity contribution in [1.82, 2.24) is 9.13 Å². The molecule has 0 aliphatic rings. The topological polar surface area (TPSA) is 38.0 Å². The summed E-state index contributed by atoms with van der Waals surface area (Å²) in [4.78, 5) is 3.76. The van der Waals surface area contributed by atoms with Crippen LogP contribution in [0.15, 0.2) is 146 Å². The minimum absolute atomic E-state index is 0.641. The van der Waals surface area contributed by atoms with Crippen LogP contribution >= 0.6 is 11.3 Å². The molecule has 0 amide bonds. The lowest BCUT2D eigenvalue weighted by Crippen LogP contribution is -1.96. The lowest BCUT2D eigenvalue weighted by atomic mass is 10.0. The second-order valence-electron chi connectivity index (χ2n) is 12.4. The summed E-state index contributed by atoms with van der Waals surface area (Å²) in [5.74, 6) is 0. The Bertz CT molecular complexity index is 3090. The molecule has 0 radical (unpaired) electrons. The molecule has 0 bridgehead atoms. The molecule has 49 heavy (non-hydrogen) atoms. The molecule has 0 fully saturated rings. The Morgan fingerprint density at radius 1 is 0.490 bits per heavy atom. The van der Waals surface area contributed by atoms with E-state index in [-0.39, 0.29) is 0 Å². The maximum atomic E-state index is 9.60. The molecule has 5 heteroatoms. The predicted molar refractivity (Wildman–Crippen MR) is 204 cm³/mol. The van der Waals surface area contributed by atoms with Gasteiger partial charge in [-0.2, -0.15) is 5.26 Å². The van der Waals surface area contributed by atoms with Crippen LogP contribution in [0.3, 0.4) is 0 Å². The summed E-state index contributed by atoms with van der Waals surface area (Å²) in [6.07, 6.45) is 0. The molecule has 0 aliphatic heterocycles. The summed E-state index contributed by atoms with van der Waals surface area (Å²) in [5, 5.41) is 16.5. The van der Waals surface area contributed by atoms with Gasteiger partial charge < -0.3 is 9.13 Å². The summed E-state index contributed by atoms with van der Waals surface area (Å²) in [7, 11) is 0. The zero-order valence-electron chi connectivity index (χ0n) is 26.1. The van der Waals surface area contributed by atoms with Crippen molar-refractivity contribution in [2.75, 3.05) is 0 Å². The molecule has 3 aromatic heterocycles. The van der Waals surface area contributed by atoms with Gasteiger partial charge in [-0.15, -0.1) is 11.3 Å². The summed E-state index contributed by atoms with van der Waals surface area (Å²) in [6, 6.07) is 53.3. The van der Waals surface area contributed by atoms with Crippen LogP contribution in [0.4, 0.5) is 5.69 Å². The summed E-state index contributed by atoms with van der Waals surface area (Å²) in [5.41, 5.74) is 10.0. The van der Waals surface area contributed by atoms with Gasteiger partial charge in [-0.25, -0.2) is 4.85 Å². The van der Waals surface area contributed by atoms with E-state index in [1.54, 1.807) is 0 Å². The standard InChI is InChI=1S/C44H24N4S/c1-46-30-17-19-41-36(23-30)37-25-44-38(34-13-3-5-15-43(34)49-44)24-42(37)48(41)32-11-7-9-29(22-32)28-8-6-10-31(21-28)47-39-14-4-2-12-33(39)35-20-27(26-45)16-18-40(35)47/h2-25H. The normalized spacial score (nSPS) is 11.6. The van der Waals surface area contributed by atoms with Crippen LogP contribution in [0.2, 0.25) is 0 Å². The van der Waals surface area contributed by atoms with Crippen molar-refractivity contribution in [1.29, 1.82) is 5.26 Å². The highest BCUT2D eigenvalue weighted by atomic mass is 32.1. The Kier molecular flexibility index (Phi) is 5.84. The number of para-hydroxylation sites is 1. The Morgan fingerprint density at radius 3 is 1.88 bits per heavy atom. The smallest absolute Gasteiger partial charge is 0.188 e. The number of aromatic nitrogens is 2. The third-order valence-electron chi connectivity index (χ3n) is 9.72. The van der Waals surface area contributed by atoms with Crippen molar-refractivity contribution in [2.24, 2.45) is 0 Å². The fourth-order valence-electron chi connectivity index (χ4n) is 7.54. The van der Waals surface area contributed by atoms with Crippen LogP contribution in [0.1, 0.15) is 5.56 Å². The Labute approximate surface area is 285 Å². The SMILES string of the molecule is [C-]#[N+]c1ccc2c(c1)c1cc3sc4ccccc4c3cc1n2-c1cccc(-c2cccc(-n3c4ccccc4c4cc(C#N)ccc43)c2)c1. The monoisotopic (exact) mass is 640 g/mol. The molecule has 0 saturated heterocycles. The summed E-state index contributed by atoms with van der Waals surface area (Å²) in [6.45, 7) is 7.71. The van der Waals surface area contributed by atoms with Crippen molar-refractivity contribution in [3.63, 3.8) is 0 Å². The highest BCUT2D eigenvalue weighted by Crippen LogP contribution is 2.42. The van der Waals surface area contributed by atoms with Gasteiger partial charge in [0, 0.05) is 47.7 Å². The van der Waals surface area contributed by atoms with Gasteiger partial charge in [-0.1, -0.05) is 66.7 Å². The van der Waals surface area contributed by atoms with Crippen molar-refractivity contribution in [3.05, 3.63) is 163 Å². The number of benzene rings is 7. The highest BCUT2D eigenvalue weighted by Gasteiger charge is 2.17. The zero-order chi connectivity index (χ0) is 32.6. The molecule has 0 spiro atoms. The van der Waals surface area contributed by atoms with Crippen molar-refractivity contribution >= 4 is 80.8 Å². The molecule has 0 N–H and O–H groups in total. The first kappa shape index (κ1) is 27.5. The van der Waals surface area contributed by atoms with Gasteiger partial charge in [-0.05, 0) is 95.4 Å². The number of fused-ring (bicyclic) bond motifs is 9. The number of nitrogens with zero attached hydrogens (tertiary/aromatic N) is 4. The predicted octanol–water partition coefficient (Wildman–Crippen LogP) is 12.3. The first-order valence-corrected chi connectivity index (χ1v) is 16.9. The molecule has 0 atom stereocenters. The number of thiophene rings is 1. The maximum Gasteiger partial charge on any atom is 0.188 e. The van der Waals surface area contributed by atoms with Gasteiger partial charge in [0.1, 0.15) is 0 Å². The number of hydrogen-bond donors (Lipinski definition) is 0. The molecular formula is C44H24N4S. The quantitative estimate of drug-likeness (QED) is 0.177. The van der Waals surface area contributed by atoms with Crippen LogP contribution in [0.25, 0.3) is 91.1 Å². The van der Waals surface area contributed by atoms with E-state index in [0.717, 1.165) is 66.1 Å². The molecule has 0 saturated carbocycles. The molecule has 0 unspecified atom stereocenters. The minimum atomic E-state index is 0.641. The van der Waals surface area contributed by atoms with Crippen molar-refractivity contribution in [2.45, 2.75) is 0 Å². The van der Waals surface area contributed by atoms with Gasteiger partial charge in [0.05, 0.1) is 40.3 Å². The molecule has 4 nitrogen and oxygen atoms in total. The summed E-state index contributed by atoms with van der Waals surface area (Å²) >= 11 is 1.82. The highest BCUT2D eigenvalue weighted by molar-refractivity contribution is 7.25. The van der Waals surface area contributed by atoms with Crippen LogP contribution in [-0.4, -0.2) is 9.13 Å². The third kappa shape index (κ3) is 4.07. The largest absolute Gasteiger partial charge is 0.309 e. The van der Waals surface area contributed by atoms with E-state index in [2.05, 4.69) is 141 Å². The van der Waals surface area contributed by atoms with Crippen molar-refractivity contribution < 1.29 is 0 Å². The zero-order valence-corrected chi connectivity index (χ0v) is 26.9. The molecule has 10 aromatic rings. The van der Waals surface area contributed by atoms with Gasteiger partial charge in [0.15, 0.2) is 5.69 Å². The minimum Gasteiger partial charge on any atom is -0.309 e. The number of rotatable bonds is 3. The molecule has 7 aromatic carbocycles. The van der Waals surface area contributed by atoms with E-state index in [1.165, 1.54) is 20.2 Å². The van der Waals surface area contributed by atoms with Crippen LogP contribution in [0, 0.1) is 17.9 Å². The van der Waals surface area contributed by atoms with E-state index in [1.807, 2.05) is 35.6 Å². The van der Waals surface area contributed by atoms with E-state index < -0.39 is 0 Å². The number of nitriles is 1. The van der Waals surface area contributed by atoms with Crippen LogP contribution < -0.4 is 0 Å². The fraction of sp³-hybridized carbons (Fsp3) is 0. The lowest BCUT2D eigenvalue weighted by molar-refractivity contribution is 1.17. The van der Waals surface area contributed by atoms with Crippen LogP contribution in [-0.2, 0) is 0 Å². The van der Waals surface area contributed by atoms with Gasteiger partial charge in [0.25, 0.3) is 0 Å². The fourth-order valence-corrected chi connectivity index (χ4v) is 8.67. The second-order valence-corrected chi connectivity index (χ2v) is 13.5.